The number of carbonyl (C=O) groups excluding carboxylic acids is 1. The molecule has 4 aromatic rings. The number of para-hydroxylation sites is 1. The third kappa shape index (κ3) is 3.32. The van der Waals surface area contributed by atoms with Crippen LogP contribution in [0.3, 0.4) is 0 Å². The molecular weight excluding hydrogens is 355 g/mol. The van der Waals surface area contributed by atoms with Crippen molar-refractivity contribution < 1.29 is 9.18 Å². The molecule has 0 saturated heterocycles. The van der Waals surface area contributed by atoms with Crippen LogP contribution in [-0.4, -0.2) is 20.3 Å². The fourth-order valence-electron chi connectivity index (χ4n) is 3.16. The SMILES string of the molecule is CCc1ccccc1NC(=O)c1cnn(-c2cccc(F)c2)c1-n1cccc1. The summed E-state index contributed by atoms with van der Waals surface area (Å²) in [5.74, 6) is -0.0938. The Labute approximate surface area is 162 Å². The van der Waals surface area contributed by atoms with Crippen molar-refractivity contribution in [3.05, 3.63) is 96.2 Å². The number of aryl methyl sites for hydroxylation is 1. The molecule has 0 saturated carbocycles. The average Bonchev–Trinajstić information content (AvgIpc) is 3.37. The van der Waals surface area contributed by atoms with Gasteiger partial charge in [0, 0.05) is 18.1 Å². The molecule has 0 unspecified atom stereocenters. The summed E-state index contributed by atoms with van der Waals surface area (Å²) in [7, 11) is 0. The summed E-state index contributed by atoms with van der Waals surface area (Å²) in [5, 5.41) is 7.33. The Balaban J connectivity index is 1.78. The zero-order valence-electron chi connectivity index (χ0n) is 15.3. The number of halogens is 1. The first kappa shape index (κ1) is 17.7. The van der Waals surface area contributed by atoms with Gasteiger partial charge in [0.15, 0.2) is 5.82 Å². The van der Waals surface area contributed by atoms with E-state index in [1.54, 1.807) is 21.4 Å². The van der Waals surface area contributed by atoms with E-state index >= 15 is 0 Å². The second kappa shape index (κ2) is 7.52. The van der Waals surface area contributed by atoms with Gasteiger partial charge in [0.25, 0.3) is 5.91 Å². The van der Waals surface area contributed by atoms with Gasteiger partial charge in [-0.3, -0.25) is 4.79 Å². The van der Waals surface area contributed by atoms with Crippen LogP contribution in [0.1, 0.15) is 22.8 Å². The summed E-state index contributed by atoms with van der Waals surface area (Å²) < 4.78 is 17.1. The van der Waals surface area contributed by atoms with Crippen LogP contribution in [-0.2, 0) is 6.42 Å². The first-order valence-corrected chi connectivity index (χ1v) is 9.04. The smallest absolute Gasteiger partial charge is 0.261 e. The number of nitrogens with one attached hydrogen (secondary N) is 1. The van der Waals surface area contributed by atoms with Gasteiger partial charge < -0.3 is 9.88 Å². The van der Waals surface area contributed by atoms with E-state index < -0.39 is 0 Å². The average molecular weight is 374 g/mol. The number of aromatic nitrogens is 3. The molecule has 1 N–H and O–H groups in total. The van der Waals surface area contributed by atoms with E-state index in [0.717, 1.165) is 17.7 Å². The molecule has 0 aliphatic carbocycles. The van der Waals surface area contributed by atoms with Crippen LogP contribution in [0.4, 0.5) is 10.1 Å². The number of anilines is 1. The maximum atomic E-state index is 13.7. The zero-order chi connectivity index (χ0) is 19.5. The lowest BCUT2D eigenvalue weighted by molar-refractivity contribution is 0.102. The molecule has 0 spiro atoms. The molecule has 6 heteroatoms. The van der Waals surface area contributed by atoms with Gasteiger partial charge in [-0.1, -0.05) is 31.2 Å². The van der Waals surface area contributed by atoms with E-state index in [2.05, 4.69) is 10.4 Å². The minimum Gasteiger partial charge on any atom is -0.322 e. The number of benzene rings is 2. The van der Waals surface area contributed by atoms with Crippen LogP contribution in [0.25, 0.3) is 11.5 Å². The van der Waals surface area contributed by atoms with Crippen LogP contribution >= 0.6 is 0 Å². The van der Waals surface area contributed by atoms with Crippen LogP contribution in [0.15, 0.2) is 79.3 Å². The van der Waals surface area contributed by atoms with Crippen molar-refractivity contribution in [1.29, 1.82) is 0 Å². The van der Waals surface area contributed by atoms with Crippen molar-refractivity contribution in [3.63, 3.8) is 0 Å². The lowest BCUT2D eigenvalue weighted by Crippen LogP contribution is -2.16. The largest absolute Gasteiger partial charge is 0.322 e. The van der Waals surface area contributed by atoms with Crippen molar-refractivity contribution in [3.8, 4) is 11.5 Å². The predicted octanol–water partition coefficient (Wildman–Crippen LogP) is 4.62. The third-order valence-electron chi connectivity index (χ3n) is 4.54. The van der Waals surface area contributed by atoms with Crippen LogP contribution in [0.5, 0.6) is 0 Å². The number of nitrogens with zero attached hydrogens (tertiary/aromatic N) is 3. The van der Waals surface area contributed by atoms with E-state index in [0.29, 0.717) is 17.1 Å². The Morgan fingerprint density at radius 2 is 1.86 bits per heavy atom. The monoisotopic (exact) mass is 374 g/mol. The molecule has 0 fully saturated rings. The van der Waals surface area contributed by atoms with Crippen molar-refractivity contribution in [1.82, 2.24) is 14.3 Å². The summed E-state index contributed by atoms with van der Waals surface area (Å²) in [6, 6.07) is 17.5. The van der Waals surface area contributed by atoms with Crippen LogP contribution in [0, 0.1) is 5.82 Å². The third-order valence-corrected chi connectivity index (χ3v) is 4.54. The predicted molar refractivity (Wildman–Crippen MR) is 107 cm³/mol. The van der Waals surface area contributed by atoms with Gasteiger partial charge in [-0.15, -0.1) is 0 Å². The molecule has 0 atom stereocenters. The summed E-state index contributed by atoms with van der Waals surface area (Å²) in [6.45, 7) is 2.04. The highest BCUT2D eigenvalue weighted by Gasteiger charge is 2.20. The molecule has 0 aliphatic heterocycles. The summed E-state index contributed by atoms with van der Waals surface area (Å²) in [5.41, 5.74) is 2.76. The first-order chi connectivity index (χ1) is 13.7. The van der Waals surface area contributed by atoms with Gasteiger partial charge in [-0.2, -0.15) is 5.10 Å². The molecule has 0 bridgehead atoms. The maximum absolute atomic E-state index is 13.7. The first-order valence-electron chi connectivity index (χ1n) is 9.04. The quantitative estimate of drug-likeness (QED) is 0.554. The Kier molecular flexibility index (Phi) is 4.76. The van der Waals surface area contributed by atoms with E-state index in [1.807, 2.05) is 55.7 Å². The molecule has 5 nitrogen and oxygen atoms in total. The molecule has 28 heavy (non-hydrogen) atoms. The van der Waals surface area contributed by atoms with Gasteiger partial charge >= 0.3 is 0 Å². The zero-order valence-corrected chi connectivity index (χ0v) is 15.3. The molecule has 0 aliphatic rings. The molecule has 140 valence electrons. The van der Waals surface area contributed by atoms with Gasteiger partial charge in [0.05, 0.1) is 11.9 Å². The maximum Gasteiger partial charge on any atom is 0.261 e. The van der Waals surface area contributed by atoms with Gasteiger partial charge in [0.2, 0.25) is 0 Å². The number of carbonyl (C=O) groups is 1. The van der Waals surface area contributed by atoms with E-state index in [1.165, 1.54) is 18.3 Å². The Bertz CT molecular complexity index is 1120. The minimum absolute atomic E-state index is 0.271. The fraction of sp³-hybridized carbons (Fsp3) is 0.0909. The van der Waals surface area contributed by atoms with Crippen LogP contribution in [0.2, 0.25) is 0 Å². The molecule has 2 aromatic heterocycles. The summed E-state index contributed by atoms with van der Waals surface area (Å²) >= 11 is 0. The molecule has 2 aromatic carbocycles. The highest BCUT2D eigenvalue weighted by Crippen LogP contribution is 2.23. The Morgan fingerprint density at radius 1 is 1.07 bits per heavy atom. The second-order valence-corrected chi connectivity index (χ2v) is 6.33. The Hall–Kier alpha value is -3.67. The van der Waals surface area contributed by atoms with Gasteiger partial charge in [0.1, 0.15) is 11.4 Å². The second-order valence-electron chi connectivity index (χ2n) is 6.33. The van der Waals surface area contributed by atoms with Crippen LogP contribution < -0.4 is 5.32 Å². The van der Waals surface area contributed by atoms with Crippen molar-refractivity contribution >= 4 is 11.6 Å². The van der Waals surface area contributed by atoms with E-state index in [4.69, 9.17) is 0 Å². The van der Waals surface area contributed by atoms with Gasteiger partial charge in [-0.05, 0) is 48.4 Å². The fourth-order valence-corrected chi connectivity index (χ4v) is 3.16. The minimum atomic E-state index is -0.366. The lowest BCUT2D eigenvalue weighted by atomic mass is 10.1. The number of rotatable bonds is 5. The highest BCUT2D eigenvalue weighted by molar-refractivity contribution is 6.06. The molecule has 4 rings (SSSR count). The number of amides is 1. The standard InChI is InChI=1S/C22H19FN4O/c1-2-16-8-3-4-11-20(16)25-21(28)19-15-24-27(18-10-7-9-17(23)14-18)22(19)26-12-5-6-13-26/h3-15H,2H2,1H3,(H,25,28). The van der Waals surface area contributed by atoms with Gasteiger partial charge in [-0.25, -0.2) is 9.07 Å². The Morgan fingerprint density at radius 3 is 2.61 bits per heavy atom. The lowest BCUT2D eigenvalue weighted by Gasteiger charge is -2.12. The normalized spacial score (nSPS) is 10.8. The van der Waals surface area contributed by atoms with E-state index in [-0.39, 0.29) is 11.7 Å². The highest BCUT2D eigenvalue weighted by atomic mass is 19.1. The topological polar surface area (TPSA) is 51.9 Å². The molecular formula is C22H19FN4O. The molecule has 0 radical (unpaired) electrons. The van der Waals surface area contributed by atoms with Crippen molar-refractivity contribution in [2.24, 2.45) is 0 Å². The summed E-state index contributed by atoms with van der Waals surface area (Å²) in [6.07, 6.45) is 5.96. The van der Waals surface area contributed by atoms with Crippen molar-refractivity contribution in [2.75, 3.05) is 5.32 Å². The van der Waals surface area contributed by atoms with E-state index in [9.17, 15) is 9.18 Å². The molecule has 2 heterocycles. The summed E-state index contributed by atoms with van der Waals surface area (Å²) in [4.78, 5) is 13.1. The number of hydrogen-bond acceptors (Lipinski definition) is 2. The molecule has 1 amide bonds. The van der Waals surface area contributed by atoms with Crippen molar-refractivity contribution in [2.45, 2.75) is 13.3 Å². The number of hydrogen-bond donors (Lipinski definition) is 1.